The van der Waals surface area contributed by atoms with E-state index in [0.717, 1.165) is 25.2 Å². The van der Waals surface area contributed by atoms with E-state index in [1.165, 1.54) is 6.07 Å². The number of phenolic OH excluding ortho intramolecular Hbond substituents is 2. The van der Waals surface area contributed by atoms with Gasteiger partial charge in [0.25, 0.3) is 0 Å². The minimum atomic E-state index is 0.0610. The monoisotopic (exact) mass is 260 g/mol. The zero-order valence-corrected chi connectivity index (χ0v) is 11.4. The molecule has 0 atom stereocenters. The summed E-state index contributed by atoms with van der Waals surface area (Å²) in [4.78, 5) is 0. The average Bonchev–Trinajstić information content (AvgIpc) is 2.34. The van der Waals surface area contributed by atoms with Crippen molar-refractivity contribution < 1.29 is 14.9 Å². The Morgan fingerprint density at radius 1 is 1.26 bits per heavy atom. The molecule has 1 aromatic rings. The summed E-state index contributed by atoms with van der Waals surface area (Å²) in [7, 11) is 0. The molecule has 1 aliphatic rings. The van der Waals surface area contributed by atoms with Gasteiger partial charge in [-0.05, 0) is 30.0 Å². The molecule has 1 heterocycles. The molecule has 2 N–H and O–H groups in total. The highest BCUT2D eigenvalue weighted by Crippen LogP contribution is 2.31. The number of benzene rings is 1. The van der Waals surface area contributed by atoms with Crippen molar-refractivity contribution in [2.24, 2.45) is 5.41 Å². The summed E-state index contributed by atoms with van der Waals surface area (Å²) in [6.07, 6.45) is 7.65. The fraction of sp³-hybridized carbons (Fsp3) is 0.375. The van der Waals surface area contributed by atoms with Gasteiger partial charge in [0.05, 0.1) is 12.4 Å². The van der Waals surface area contributed by atoms with Gasteiger partial charge in [-0.25, -0.2) is 0 Å². The van der Waals surface area contributed by atoms with Crippen molar-refractivity contribution in [3.63, 3.8) is 0 Å². The molecular weight excluding hydrogens is 240 g/mol. The van der Waals surface area contributed by atoms with Gasteiger partial charge in [0.2, 0.25) is 0 Å². The molecular formula is C16H20O3. The number of ether oxygens (including phenoxy) is 1. The Morgan fingerprint density at radius 3 is 2.68 bits per heavy atom. The van der Waals surface area contributed by atoms with Gasteiger partial charge in [0.15, 0.2) is 0 Å². The lowest BCUT2D eigenvalue weighted by Gasteiger charge is -2.31. The topological polar surface area (TPSA) is 49.7 Å². The summed E-state index contributed by atoms with van der Waals surface area (Å²) in [6, 6.07) is 4.54. The van der Waals surface area contributed by atoms with E-state index in [9.17, 15) is 10.2 Å². The molecule has 0 aliphatic carbocycles. The molecule has 1 aliphatic heterocycles. The SMILES string of the molecule is CC1(C)CCC(=CC=Cc2ccc(O)cc2O)OC1. The van der Waals surface area contributed by atoms with Gasteiger partial charge < -0.3 is 14.9 Å². The highest BCUT2D eigenvalue weighted by molar-refractivity contribution is 5.59. The molecule has 0 bridgehead atoms. The third-order valence-corrected chi connectivity index (χ3v) is 3.27. The lowest BCUT2D eigenvalue weighted by atomic mass is 9.86. The summed E-state index contributed by atoms with van der Waals surface area (Å²) in [5.41, 5.74) is 0.932. The van der Waals surface area contributed by atoms with Crippen LogP contribution in [0.5, 0.6) is 11.5 Å². The van der Waals surface area contributed by atoms with Crippen LogP contribution < -0.4 is 0 Å². The molecule has 0 saturated carbocycles. The van der Waals surface area contributed by atoms with E-state index in [0.29, 0.717) is 5.56 Å². The summed E-state index contributed by atoms with van der Waals surface area (Å²) in [5, 5.41) is 18.8. The van der Waals surface area contributed by atoms with Gasteiger partial charge in [-0.15, -0.1) is 0 Å². The van der Waals surface area contributed by atoms with Gasteiger partial charge in [-0.3, -0.25) is 0 Å². The molecule has 3 heteroatoms. The van der Waals surface area contributed by atoms with E-state index < -0.39 is 0 Å². The van der Waals surface area contributed by atoms with E-state index >= 15 is 0 Å². The predicted octanol–water partition coefficient (Wildman–Crippen LogP) is 3.83. The van der Waals surface area contributed by atoms with Crippen LogP contribution in [0.15, 0.2) is 36.1 Å². The van der Waals surface area contributed by atoms with Crippen LogP contribution in [0.25, 0.3) is 6.08 Å². The van der Waals surface area contributed by atoms with E-state index in [1.54, 1.807) is 18.2 Å². The summed E-state index contributed by atoms with van der Waals surface area (Å²) in [5.74, 6) is 1.11. The Labute approximate surface area is 113 Å². The van der Waals surface area contributed by atoms with Crippen LogP contribution >= 0.6 is 0 Å². The molecule has 1 aromatic carbocycles. The van der Waals surface area contributed by atoms with Crippen molar-refractivity contribution in [1.82, 2.24) is 0 Å². The Kier molecular flexibility index (Phi) is 3.84. The van der Waals surface area contributed by atoms with Crippen molar-refractivity contribution in [2.45, 2.75) is 26.7 Å². The molecule has 0 radical (unpaired) electrons. The zero-order chi connectivity index (χ0) is 13.9. The summed E-state index contributed by atoms with van der Waals surface area (Å²) in [6.45, 7) is 5.15. The number of hydrogen-bond donors (Lipinski definition) is 2. The van der Waals surface area contributed by atoms with Crippen molar-refractivity contribution >= 4 is 6.08 Å². The first-order valence-corrected chi connectivity index (χ1v) is 6.48. The average molecular weight is 260 g/mol. The normalized spacial score (nSPS) is 20.6. The minimum absolute atomic E-state index is 0.0610. The van der Waals surface area contributed by atoms with E-state index in [2.05, 4.69) is 13.8 Å². The molecule has 102 valence electrons. The summed E-state index contributed by atoms with van der Waals surface area (Å²) >= 11 is 0. The standard InChI is InChI=1S/C16H20O3/c1-16(2)9-8-14(19-11-16)5-3-4-12-6-7-13(17)10-15(12)18/h3-7,10,17-18H,8-9,11H2,1-2H3. The van der Waals surface area contributed by atoms with Crippen LogP contribution in [0.4, 0.5) is 0 Å². The Morgan fingerprint density at radius 2 is 2.05 bits per heavy atom. The van der Waals surface area contributed by atoms with Gasteiger partial charge in [0, 0.05) is 18.1 Å². The fourth-order valence-electron chi connectivity index (χ4n) is 1.96. The molecule has 1 fully saturated rings. The molecule has 0 unspecified atom stereocenters. The van der Waals surface area contributed by atoms with E-state index in [4.69, 9.17) is 4.74 Å². The van der Waals surface area contributed by atoms with Crippen LogP contribution in [-0.4, -0.2) is 16.8 Å². The number of aromatic hydroxyl groups is 2. The fourth-order valence-corrected chi connectivity index (χ4v) is 1.96. The smallest absolute Gasteiger partial charge is 0.126 e. The molecule has 0 amide bonds. The van der Waals surface area contributed by atoms with Crippen LogP contribution in [-0.2, 0) is 4.74 Å². The molecule has 1 saturated heterocycles. The molecule has 0 aromatic heterocycles. The van der Waals surface area contributed by atoms with Gasteiger partial charge in [-0.1, -0.05) is 26.0 Å². The van der Waals surface area contributed by atoms with Crippen molar-refractivity contribution in [3.8, 4) is 11.5 Å². The molecule has 0 spiro atoms. The first-order chi connectivity index (χ1) is 8.96. The lowest BCUT2D eigenvalue weighted by Crippen LogP contribution is -2.24. The third-order valence-electron chi connectivity index (χ3n) is 3.27. The number of allylic oxidation sites excluding steroid dienone is 3. The number of rotatable bonds is 2. The quantitative estimate of drug-likeness (QED) is 0.849. The third kappa shape index (κ3) is 3.78. The van der Waals surface area contributed by atoms with Gasteiger partial charge in [-0.2, -0.15) is 0 Å². The van der Waals surface area contributed by atoms with Crippen molar-refractivity contribution in [3.05, 3.63) is 41.7 Å². The maximum absolute atomic E-state index is 9.63. The maximum Gasteiger partial charge on any atom is 0.126 e. The molecule has 2 rings (SSSR count). The van der Waals surface area contributed by atoms with Gasteiger partial charge >= 0.3 is 0 Å². The molecule has 19 heavy (non-hydrogen) atoms. The molecule has 3 nitrogen and oxygen atoms in total. The largest absolute Gasteiger partial charge is 0.508 e. The van der Waals surface area contributed by atoms with Crippen molar-refractivity contribution in [1.29, 1.82) is 0 Å². The van der Waals surface area contributed by atoms with Crippen LogP contribution in [0.3, 0.4) is 0 Å². The van der Waals surface area contributed by atoms with E-state index in [-0.39, 0.29) is 16.9 Å². The second-order valence-electron chi connectivity index (χ2n) is 5.69. The number of hydrogen-bond acceptors (Lipinski definition) is 3. The van der Waals surface area contributed by atoms with E-state index in [1.807, 2.05) is 12.2 Å². The lowest BCUT2D eigenvalue weighted by molar-refractivity contribution is 0.0638. The second kappa shape index (κ2) is 5.39. The number of phenols is 2. The first kappa shape index (κ1) is 13.5. The van der Waals surface area contributed by atoms with Gasteiger partial charge in [0.1, 0.15) is 11.5 Å². The summed E-state index contributed by atoms with van der Waals surface area (Å²) < 4.78 is 5.69. The maximum atomic E-state index is 9.63. The van der Waals surface area contributed by atoms with Crippen LogP contribution in [0.2, 0.25) is 0 Å². The Bertz CT molecular complexity index is 501. The van der Waals surface area contributed by atoms with Crippen LogP contribution in [0.1, 0.15) is 32.3 Å². The zero-order valence-electron chi connectivity index (χ0n) is 11.4. The highest BCUT2D eigenvalue weighted by Gasteiger charge is 2.24. The Hall–Kier alpha value is -1.90. The Balaban J connectivity index is 2.00. The predicted molar refractivity (Wildman–Crippen MR) is 75.9 cm³/mol. The van der Waals surface area contributed by atoms with Crippen molar-refractivity contribution in [2.75, 3.05) is 6.61 Å². The van der Waals surface area contributed by atoms with Crippen LogP contribution in [0, 0.1) is 5.41 Å². The minimum Gasteiger partial charge on any atom is -0.508 e. The highest BCUT2D eigenvalue weighted by atomic mass is 16.5. The second-order valence-corrected chi connectivity index (χ2v) is 5.69. The first-order valence-electron chi connectivity index (χ1n) is 6.48.